The van der Waals surface area contributed by atoms with Gasteiger partial charge in [0.1, 0.15) is 17.6 Å². The fraction of sp³-hybridized carbons (Fsp3) is 0.259. The average molecular weight is 459 g/mol. The van der Waals surface area contributed by atoms with Crippen molar-refractivity contribution in [1.29, 1.82) is 0 Å². The number of amides is 1. The molecule has 7 nitrogen and oxygen atoms in total. The van der Waals surface area contributed by atoms with Crippen molar-refractivity contribution in [2.24, 2.45) is 0 Å². The average Bonchev–Trinajstić information content (AvgIpc) is 3.25. The Hall–Kier alpha value is -3.84. The number of aromatic carboxylic acids is 1. The lowest BCUT2D eigenvalue weighted by Crippen LogP contribution is -2.45. The normalized spacial score (nSPS) is 19.7. The van der Waals surface area contributed by atoms with Gasteiger partial charge in [0.2, 0.25) is 5.91 Å². The van der Waals surface area contributed by atoms with Crippen LogP contribution in [0.5, 0.6) is 11.5 Å². The van der Waals surface area contributed by atoms with Crippen LogP contribution < -0.4 is 14.4 Å². The van der Waals surface area contributed by atoms with Crippen LogP contribution in [-0.2, 0) is 17.9 Å². The summed E-state index contributed by atoms with van der Waals surface area (Å²) in [5.41, 5.74) is 2.97. The quantitative estimate of drug-likeness (QED) is 0.602. The number of hydrogen-bond donors (Lipinski definition) is 1. The third-order valence-electron chi connectivity index (χ3n) is 6.45. The van der Waals surface area contributed by atoms with Crippen LogP contribution in [0.15, 0.2) is 72.8 Å². The van der Waals surface area contributed by atoms with E-state index in [-0.39, 0.29) is 23.6 Å². The number of rotatable bonds is 6. The monoisotopic (exact) mass is 458 g/mol. The lowest BCUT2D eigenvalue weighted by Gasteiger charge is -2.32. The fourth-order valence-electron chi connectivity index (χ4n) is 4.70. The number of para-hydroxylation sites is 2. The van der Waals surface area contributed by atoms with E-state index in [1.165, 1.54) is 0 Å². The number of methoxy groups -OCH3 is 1. The van der Waals surface area contributed by atoms with Gasteiger partial charge in [-0.25, -0.2) is 4.79 Å². The largest absolute Gasteiger partial charge is 0.497 e. The summed E-state index contributed by atoms with van der Waals surface area (Å²) in [7, 11) is 1.63. The van der Waals surface area contributed by atoms with Gasteiger partial charge < -0.3 is 19.5 Å². The van der Waals surface area contributed by atoms with Gasteiger partial charge in [0.25, 0.3) is 0 Å². The van der Waals surface area contributed by atoms with E-state index < -0.39 is 5.97 Å². The van der Waals surface area contributed by atoms with Crippen molar-refractivity contribution < 1.29 is 24.2 Å². The molecule has 0 unspecified atom stereocenters. The zero-order valence-corrected chi connectivity index (χ0v) is 18.9. The molecule has 3 aromatic rings. The molecule has 1 fully saturated rings. The number of ether oxygens (including phenoxy) is 2. The van der Waals surface area contributed by atoms with Gasteiger partial charge in [0, 0.05) is 19.5 Å². The van der Waals surface area contributed by atoms with Crippen LogP contribution in [0.1, 0.15) is 27.9 Å². The van der Waals surface area contributed by atoms with E-state index in [9.17, 15) is 9.59 Å². The van der Waals surface area contributed by atoms with Crippen LogP contribution in [-0.4, -0.2) is 47.7 Å². The van der Waals surface area contributed by atoms with Crippen molar-refractivity contribution in [2.75, 3.05) is 18.6 Å². The van der Waals surface area contributed by atoms with Crippen LogP contribution >= 0.6 is 0 Å². The van der Waals surface area contributed by atoms with Crippen LogP contribution in [0.25, 0.3) is 0 Å². The number of hydrogen-bond acceptors (Lipinski definition) is 5. The first-order valence-electron chi connectivity index (χ1n) is 11.3. The number of carboxylic acids is 1. The van der Waals surface area contributed by atoms with Gasteiger partial charge in [0.05, 0.1) is 30.9 Å². The van der Waals surface area contributed by atoms with Gasteiger partial charge in [-0.1, -0.05) is 36.4 Å². The second-order valence-corrected chi connectivity index (χ2v) is 8.66. The molecule has 5 rings (SSSR count). The fourth-order valence-corrected chi connectivity index (χ4v) is 4.70. The Bertz CT molecular complexity index is 1190. The summed E-state index contributed by atoms with van der Waals surface area (Å²) >= 11 is 0. The summed E-state index contributed by atoms with van der Waals surface area (Å²) in [5, 5.41) is 9.16. The smallest absolute Gasteiger partial charge is 0.335 e. The minimum atomic E-state index is -0.952. The molecular weight excluding hydrogens is 432 g/mol. The van der Waals surface area contributed by atoms with Gasteiger partial charge in [-0.3, -0.25) is 9.69 Å². The molecule has 2 heterocycles. The summed E-state index contributed by atoms with van der Waals surface area (Å²) in [5.74, 6) is 0.564. The predicted octanol–water partition coefficient (Wildman–Crippen LogP) is 3.96. The summed E-state index contributed by atoms with van der Waals surface area (Å²) in [4.78, 5) is 29.0. The van der Waals surface area contributed by atoms with Crippen LogP contribution in [0, 0.1) is 0 Å². The summed E-state index contributed by atoms with van der Waals surface area (Å²) in [6.07, 6.45) is 0.524. The minimum Gasteiger partial charge on any atom is -0.497 e. The highest BCUT2D eigenvalue weighted by atomic mass is 16.5. The number of nitrogens with zero attached hydrogens (tertiary/aromatic N) is 2. The van der Waals surface area contributed by atoms with Crippen molar-refractivity contribution in [3.05, 3.63) is 89.5 Å². The van der Waals surface area contributed by atoms with Crippen molar-refractivity contribution in [2.45, 2.75) is 31.7 Å². The SMILES string of the molecule is COc1ccc(CN2C(=O)[C@@H]3C[C@@H](CN3Cc3ccc(C(=O)O)cc3)Oc3ccccc32)cc1. The predicted molar refractivity (Wildman–Crippen MR) is 127 cm³/mol. The van der Waals surface area contributed by atoms with E-state index in [1.54, 1.807) is 19.2 Å². The molecule has 2 bridgehead atoms. The van der Waals surface area contributed by atoms with Crippen LogP contribution in [0.2, 0.25) is 0 Å². The molecule has 2 aliphatic heterocycles. The Morgan fingerprint density at radius 1 is 1.00 bits per heavy atom. The van der Waals surface area contributed by atoms with E-state index in [2.05, 4.69) is 4.90 Å². The number of carboxylic acid groups (broad SMARTS) is 1. The number of carbonyl (C=O) groups is 2. The van der Waals surface area contributed by atoms with Gasteiger partial charge in [0.15, 0.2) is 0 Å². The number of anilines is 1. The Labute approximate surface area is 198 Å². The molecule has 34 heavy (non-hydrogen) atoms. The highest BCUT2D eigenvalue weighted by Gasteiger charge is 2.42. The van der Waals surface area contributed by atoms with E-state index >= 15 is 0 Å². The van der Waals surface area contributed by atoms with Crippen molar-refractivity contribution in [3.63, 3.8) is 0 Å². The van der Waals surface area contributed by atoms with Gasteiger partial charge in [-0.2, -0.15) is 0 Å². The maximum Gasteiger partial charge on any atom is 0.335 e. The number of benzene rings is 3. The maximum atomic E-state index is 13.9. The van der Waals surface area contributed by atoms with E-state index in [0.717, 1.165) is 22.6 Å². The molecule has 1 saturated heterocycles. The first kappa shape index (κ1) is 22.0. The third-order valence-corrected chi connectivity index (χ3v) is 6.45. The molecular formula is C27H26N2O5. The molecule has 0 saturated carbocycles. The Kier molecular flexibility index (Phi) is 5.94. The summed E-state index contributed by atoms with van der Waals surface area (Å²) < 4.78 is 11.6. The lowest BCUT2D eigenvalue weighted by atomic mass is 10.1. The highest BCUT2D eigenvalue weighted by molar-refractivity contribution is 5.99. The standard InChI is InChI=1S/C27H26N2O5/c1-33-21-12-8-19(9-13-21)16-29-23-4-2-3-5-25(23)34-22-14-24(26(29)30)28(17-22)15-18-6-10-20(11-7-18)27(31)32/h2-13,22,24H,14-17H2,1H3,(H,31,32)/t22-,24-/m0/s1. The summed E-state index contributed by atoms with van der Waals surface area (Å²) in [6, 6.07) is 21.9. The first-order valence-corrected chi connectivity index (χ1v) is 11.3. The first-order chi connectivity index (χ1) is 16.5. The molecule has 2 atom stereocenters. The second kappa shape index (κ2) is 9.19. The third kappa shape index (κ3) is 4.34. The second-order valence-electron chi connectivity index (χ2n) is 8.66. The van der Waals surface area contributed by atoms with Crippen molar-refractivity contribution in [3.8, 4) is 11.5 Å². The van der Waals surface area contributed by atoms with E-state index in [4.69, 9.17) is 14.6 Å². The molecule has 0 aromatic heterocycles. The zero-order chi connectivity index (χ0) is 23.7. The Balaban J connectivity index is 1.43. The molecule has 1 amide bonds. The molecule has 0 spiro atoms. The van der Waals surface area contributed by atoms with Gasteiger partial charge in [-0.15, -0.1) is 0 Å². The molecule has 7 heteroatoms. The number of likely N-dealkylation sites (tertiary alicyclic amines) is 1. The maximum absolute atomic E-state index is 13.9. The Morgan fingerprint density at radius 3 is 2.38 bits per heavy atom. The van der Waals surface area contributed by atoms with Gasteiger partial charge in [-0.05, 0) is 47.5 Å². The molecule has 0 aliphatic carbocycles. The molecule has 0 radical (unpaired) electrons. The molecule has 2 aliphatic rings. The summed E-state index contributed by atoms with van der Waals surface area (Å²) in [6.45, 7) is 1.59. The van der Waals surface area contributed by atoms with Crippen molar-refractivity contribution in [1.82, 2.24) is 4.90 Å². The van der Waals surface area contributed by atoms with E-state index in [1.807, 2.05) is 65.6 Å². The molecule has 174 valence electrons. The van der Waals surface area contributed by atoms with Crippen LogP contribution in [0.4, 0.5) is 5.69 Å². The van der Waals surface area contributed by atoms with Crippen LogP contribution in [0.3, 0.4) is 0 Å². The minimum absolute atomic E-state index is 0.0382. The zero-order valence-electron chi connectivity index (χ0n) is 18.9. The number of fused-ring (bicyclic) bond motifs is 3. The number of carbonyl (C=O) groups excluding carboxylic acids is 1. The van der Waals surface area contributed by atoms with E-state index in [0.29, 0.717) is 31.8 Å². The molecule has 3 aromatic carbocycles. The highest BCUT2D eigenvalue weighted by Crippen LogP contribution is 2.37. The molecule has 1 N–H and O–H groups in total. The van der Waals surface area contributed by atoms with Gasteiger partial charge >= 0.3 is 5.97 Å². The lowest BCUT2D eigenvalue weighted by molar-refractivity contribution is -0.123. The Morgan fingerprint density at radius 2 is 1.68 bits per heavy atom. The van der Waals surface area contributed by atoms with Crippen molar-refractivity contribution >= 4 is 17.6 Å². The topological polar surface area (TPSA) is 79.3 Å².